The molecule has 0 spiro atoms. The molecule has 0 bridgehead atoms. The molecule has 1 aromatic rings. The fourth-order valence-electron chi connectivity index (χ4n) is 2.39. The number of hydrogen-bond donors (Lipinski definition) is 2. The van der Waals surface area contributed by atoms with E-state index in [-0.39, 0.29) is 0 Å². The Morgan fingerprint density at radius 1 is 1.29 bits per heavy atom. The predicted molar refractivity (Wildman–Crippen MR) is 85.8 cm³/mol. The summed E-state index contributed by atoms with van der Waals surface area (Å²) in [5.74, 6) is 1.43. The highest BCUT2D eigenvalue weighted by molar-refractivity contribution is 6.58. The molecule has 0 heterocycles. The van der Waals surface area contributed by atoms with Gasteiger partial charge in [-0.3, -0.25) is 4.90 Å². The van der Waals surface area contributed by atoms with Crippen LogP contribution in [0.15, 0.2) is 24.3 Å². The maximum atomic E-state index is 9.16. The van der Waals surface area contributed by atoms with Crippen molar-refractivity contribution in [3.8, 4) is 5.75 Å². The lowest BCUT2D eigenvalue weighted by atomic mass is 9.80. The van der Waals surface area contributed by atoms with Gasteiger partial charge in [0.05, 0.1) is 0 Å². The van der Waals surface area contributed by atoms with Crippen LogP contribution in [0.25, 0.3) is 0 Å². The second kappa shape index (κ2) is 7.83. The van der Waals surface area contributed by atoms with Crippen molar-refractivity contribution >= 4 is 12.6 Å². The van der Waals surface area contributed by atoms with Gasteiger partial charge < -0.3 is 14.8 Å². The van der Waals surface area contributed by atoms with Gasteiger partial charge in [0, 0.05) is 12.6 Å². The van der Waals surface area contributed by atoms with Gasteiger partial charge in [0.2, 0.25) is 0 Å². The topological polar surface area (TPSA) is 52.9 Å². The second-order valence-electron chi connectivity index (χ2n) is 6.24. The fraction of sp³-hybridized carbons (Fsp3) is 0.625. The molecular formula is C16H26BNO3. The van der Waals surface area contributed by atoms with Gasteiger partial charge in [0.15, 0.2) is 0 Å². The zero-order valence-electron chi connectivity index (χ0n) is 13.0. The lowest BCUT2D eigenvalue weighted by molar-refractivity contribution is 0.194. The number of nitrogens with zero attached hydrogens (tertiary/aromatic N) is 1. The zero-order chi connectivity index (χ0) is 15.2. The third-order valence-corrected chi connectivity index (χ3v) is 3.86. The molecule has 0 amide bonds. The Bertz CT molecular complexity index is 435. The predicted octanol–water partition coefficient (Wildman–Crippen LogP) is 1.26. The van der Waals surface area contributed by atoms with Gasteiger partial charge in [-0.25, -0.2) is 0 Å². The molecule has 21 heavy (non-hydrogen) atoms. The summed E-state index contributed by atoms with van der Waals surface area (Å²) in [5, 5.41) is 18.3. The summed E-state index contributed by atoms with van der Waals surface area (Å²) in [6, 6.07) is 7.73. The van der Waals surface area contributed by atoms with E-state index in [0.29, 0.717) is 17.8 Å². The molecule has 2 rings (SSSR count). The Morgan fingerprint density at radius 2 is 2.05 bits per heavy atom. The highest BCUT2D eigenvalue weighted by Gasteiger charge is 2.28. The largest absolute Gasteiger partial charge is 0.492 e. The molecule has 0 unspecified atom stereocenters. The van der Waals surface area contributed by atoms with Crippen molar-refractivity contribution in [1.82, 2.24) is 4.90 Å². The van der Waals surface area contributed by atoms with E-state index in [1.165, 1.54) is 19.3 Å². The van der Waals surface area contributed by atoms with E-state index < -0.39 is 7.12 Å². The molecule has 0 atom stereocenters. The summed E-state index contributed by atoms with van der Waals surface area (Å²) in [5.41, 5.74) is 0.464. The van der Waals surface area contributed by atoms with Crippen LogP contribution < -0.4 is 10.2 Å². The molecule has 1 aromatic carbocycles. The lowest BCUT2D eigenvalue weighted by Crippen LogP contribution is -2.32. The summed E-state index contributed by atoms with van der Waals surface area (Å²) >= 11 is 0. The molecule has 5 heteroatoms. The first kappa shape index (κ1) is 16.3. The van der Waals surface area contributed by atoms with Crippen molar-refractivity contribution in [2.24, 2.45) is 5.92 Å². The SMILES string of the molecule is CC(C)CCN(CCOc1cccc(B(O)O)c1)C1CC1. The van der Waals surface area contributed by atoms with Gasteiger partial charge in [0.25, 0.3) is 0 Å². The standard InChI is InChI=1S/C16H26BNO3/c1-13(2)8-9-18(15-6-7-15)10-11-21-16-5-3-4-14(12-16)17(19)20/h3-5,12-13,15,19-20H,6-11H2,1-2H3. The van der Waals surface area contributed by atoms with Crippen LogP contribution in [0.2, 0.25) is 0 Å². The van der Waals surface area contributed by atoms with E-state index >= 15 is 0 Å². The van der Waals surface area contributed by atoms with Crippen molar-refractivity contribution in [3.05, 3.63) is 24.3 Å². The molecule has 4 nitrogen and oxygen atoms in total. The lowest BCUT2D eigenvalue weighted by Gasteiger charge is -2.23. The van der Waals surface area contributed by atoms with Gasteiger partial charge in [-0.1, -0.05) is 26.0 Å². The minimum Gasteiger partial charge on any atom is -0.492 e. The molecule has 0 aromatic heterocycles. The van der Waals surface area contributed by atoms with Crippen LogP contribution >= 0.6 is 0 Å². The Balaban J connectivity index is 1.77. The average molecular weight is 291 g/mol. The molecular weight excluding hydrogens is 265 g/mol. The Morgan fingerprint density at radius 3 is 2.67 bits per heavy atom. The molecule has 1 aliphatic rings. The van der Waals surface area contributed by atoms with Crippen LogP contribution in [-0.2, 0) is 0 Å². The van der Waals surface area contributed by atoms with E-state index in [0.717, 1.165) is 25.0 Å². The second-order valence-corrected chi connectivity index (χ2v) is 6.24. The molecule has 0 saturated heterocycles. The summed E-state index contributed by atoms with van der Waals surface area (Å²) in [7, 11) is -1.44. The average Bonchev–Trinajstić information content (AvgIpc) is 3.27. The van der Waals surface area contributed by atoms with Gasteiger partial charge in [-0.2, -0.15) is 0 Å². The minimum atomic E-state index is -1.44. The Kier molecular flexibility index (Phi) is 6.09. The summed E-state index contributed by atoms with van der Waals surface area (Å²) in [4.78, 5) is 2.52. The first-order valence-electron chi connectivity index (χ1n) is 7.89. The van der Waals surface area contributed by atoms with E-state index in [9.17, 15) is 0 Å². The first-order chi connectivity index (χ1) is 10.1. The molecule has 1 aliphatic carbocycles. The maximum Gasteiger partial charge on any atom is 0.488 e. The quantitative estimate of drug-likeness (QED) is 0.673. The minimum absolute atomic E-state index is 0.464. The highest BCUT2D eigenvalue weighted by Crippen LogP contribution is 2.27. The highest BCUT2D eigenvalue weighted by atomic mass is 16.5. The number of ether oxygens (including phenoxy) is 1. The van der Waals surface area contributed by atoms with Gasteiger partial charge in [-0.05, 0) is 49.3 Å². The number of benzene rings is 1. The third kappa shape index (κ3) is 5.69. The molecule has 0 radical (unpaired) electrons. The Hall–Kier alpha value is -1.04. The summed E-state index contributed by atoms with van der Waals surface area (Å²) < 4.78 is 5.75. The maximum absolute atomic E-state index is 9.16. The monoisotopic (exact) mass is 291 g/mol. The third-order valence-electron chi connectivity index (χ3n) is 3.86. The molecule has 2 N–H and O–H groups in total. The summed E-state index contributed by atoms with van der Waals surface area (Å²) in [6.45, 7) is 7.23. The number of hydrogen-bond acceptors (Lipinski definition) is 4. The van der Waals surface area contributed by atoms with E-state index in [1.54, 1.807) is 18.2 Å². The first-order valence-corrected chi connectivity index (χ1v) is 7.89. The Labute approximate surface area is 127 Å². The molecule has 116 valence electrons. The van der Waals surface area contributed by atoms with Crippen molar-refractivity contribution < 1.29 is 14.8 Å². The van der Waals surface area contributed by atoms with Crippen molar-refractivity contribution in [2.45, 2.75) is 39.2 Å². The van der Waals surface area contributed by atoms with Crippen LogP contribution in [0.1, 0.15) is 33.1 Å². The smallest absolute Gasteiger partial charge is 0.488 e. The van der Waals surface area contributed by atoms with Gasteiger partial charge in [0.1, 0.15) is 12.4 Å². The van der Waals surface area contributed by atoms with Crippen molar-refractivity contribution in [1.29, 1.82) is 0 Å². The van der Waals surface area contributed by atoms with Crippen LogP contribution in [0, 0.1) is 5.92 Å². The number of rotatable bonds is 9. The molecule has 1 saturated carbocycles. The molecule has 0 aliphatic heterocycles. The van der Waals surface area contributed by atoms with Crippen molar-refractivity contribution in [2.75, 3.05) is 19.7 Å². The van der Waals surface area contributed by atoms with Crippen molar-refractivity contribution in [3.63, 3.8) is 0 Å². The molecule has 1 fully saturated rings. The van der Waals surface area contributed by atoms with E-state index in [4.69, 9.17) is 14.8 Å². The van der Waals surface area contributed by atoms with E-state index in [2.05, 4.69) is 18.7 Å². The normalized spacial score (nSPS) is 14.8. The zero-order valence-corrected chi connectivity index (χ0v) is 13.0. The van der Waals surface area contributed by atoms with Crippen LogP contribution in [0.3, 0.4) is 0 Å². The van der Waals surface area contributed by atoms with Gasteiger partial charge >= 0.3 is 7.12 Å². The van der Waals surface area contributed by atoms with Crippen LogP contribution in [0.4, 0.5) is 0 Å². The van der Waals surface area contributed by atoms with Crippen LogP contribution in [0.5, 0.6) is 5.75 Å². The fourth-order valence-corrected chi connectivity index (χ4v) is 2.39. The van der Waals surface area contributed by atoms with E-state index in [1.807, 2.05) is 6.07 Å². The van der Waals surface area contributed by atoms with Gasteiger partial charge in [-0.15, -0.1) is 0 Å². The van der Waals surface area contributed by atoms with Crippen LogP contribution in [-0.4, -0.2) is 47.8 Å². The summed E-state index contributed by atoms with van der Waals surface area (Å²) in [6.07, 6.45) is 3.84.